The van der Waals surface area contributed by atoms with Crippen LogP contribution >= 0.6 is 0 Å². The molecule has 0 unspecified atom stereocenters. The lowest BCUT2D eigenvalue weighted by Crippen LogP contribution is -2.46. The molecule has 0 spiro atoms. The monoisotopic (exact) mass is 148 g/mol. The molecule has 0 rings (SSSR count). The topological polar surface area (TPSA) is 49.7 Å². The summed E-state index contributed by atoms with van der Waals surface area (Å²) >= 11 is 0. The highest BCUT2D eigenvalue weighted by atomic mass is 17.1. The van der Waals surface area contributed by atoms with Crippen LogP contribution in [0.1, 0.15) is 27.7 Å². The van der Waals surface area contributed by atoms with Crippen LogP contribution in [0, 0.1) is 0 Å². The Morgan fingerprint density at radius 1 is 1.10 bits per heavy atom. The number of aliphatic hydroxyl groups is 1. The minimum absolute atomic E-state index is 0. The normalized spacial score (nSPS) is 12.6. The van der Waals surface area contributed by atoms with E-state index in [1.54, 1.807) is 27.7 Å². The summed E-state index contributed by atoms with van der Waals surface area (Å²) in [6.07, 6.45) is 0. The number of hydrogen-bond acceptors (Lipinski definition) is 3. The van der Waals surface area contributed by atoms with Gasteiger partial charge in [-0.05, 0) is 27.7 Å². The van der Waals surface area contributed by atoms with Crippen molar-refractivity contribution in [3.05, 3.63) is 0 Å². The van der Waals surface area contributed by atoms with Gasteiger partial charge in [0, 0.05) is 0 Å². The van der Waals surface area contributed by atoms with Crippen LogP contribution in [-0.4, -0.2) is 30.0 Å². The molecule has 0 saturated carbocycles. The smallest absolute Gasteiger partial charge is 0.126 e. The molecular weight excluding hydrogens is 131 g/mol. The Morgan fingerprint density at radius 3 is 1.40 bits per heavy atom. The van der Waals surface area contributed by atoms with Gasteiger partial charge < -0.3 is 5.11 Å². The second-order valence-corrected chi connectivity index (χ2v) is 3.16. The molecule has 3 nitrogen and oxygen atoms in total. The first-order valence-corrected chi connectivity index (χ1v) is 2.86. The largest absolute Gasteiger partial charge is 0.387 e. The summed E-state index contributed by atoms with van der Waals surface area (Å²) in [5.41, 5.74) is -1.94. The second kappa shape index (κ2) is 3.37. The number of rotatable bonds is 2. The van der Waals surface area contributed by atoms with Crippen molar-refractivity contribution in [2.75, 3.05) is 0 Å². The lowest BCUT2D eigenvalue weighted by atomic mass is 9.90. The van der Waals surface area contributed by atoms with E-state index in [4.69, 9.17) is 5.26 Å². The summed E-state index contributed by atoms with van der Waals surface area (Å²) in [5.74, 6) is 0. The van der Waals surface area contributed by atoms with Crippen molar-refractivity contribution in [3.63, 3.8) is 0 Å². The van der Waals surface area contributed by atoms with E-state index in [-0.39, 0.29) is 8.41 Å². The van der Waals surface area contributed by atoms with E-state index in [0.717, 1.165) is 0 Å². The predicted molar refractivity (Wildman–Crippen MR) is 44.0 cm³/mol. The van der Waals surface area contributed by atoms with E-state index >= 15 is 0 Å². The van der Waals surface area contributed by atoms with Gasteiger partial charge in [-0.25, -0.2) is 4.89 Å². The zero-order chi connectivity index (χ0) is 7.71. The zero-order valence-electron chi connectivity index (χ0n) is 6.30. The molecule has 0 aromatic rings. The molecule has 0 aliphatic rings. The van der Waals surface area contributed by atoms with Gasteiger partial charge in [0.2, 0.25) is 0 Å². The highest BCUT2D eigenvalue weighted by Gasteiger charge is 2.36. The van der Waals surface area contributed by atoms with Crippen LogP contribution in [-0.2, 0) is 4.89 Å². The van der Waals surface area contributed by atoms with Crippen molar-refractivity contribution >= 4 is 8.41 Å². The summed E-state index contributed by atoms with van der Waals surface area (Å²) in [6.45, 7) is 6.35. The average molecular weight is 148 g/mol. The molecule has 0 saturated heterocycles. The maximum absolute atomic E-state index is 9.26. The molecule has 0 radical (unpaired) electrons. The van der Waals surface area contributed by atoms with Gasteiger partial charge in [0.1, 0.15) is 5.60 Å². The molecule has 10 heavy (non-hydrogen) atoms. The summed E-state index contributed by atoms with van der Waals surface area (Å²) in [4.78, 5) is 4.05. The molecule has 0 aliphatic carbocycles. The van der Waals surface area contributed by atoms with Gasteiger partial charge in [-0.2, -0.15) is 0 Å². The molecule has 0 aromatic heterocycles. The van der Waals surface area contributed by atoms with E-state index in [9.17, 15) is 5.11 Å². The van der Waals surface area contributed by atoms with Crippen molar-refractivity contribution in [1.82, 2.24) is 0 Å². The lowest BCUT2D eigenvalue weighted by molar-refractivity contribution is -0.348. The van der Waals surface area contributed by atoms with Gasteiger partial charge in [0.25, 0.3) is 0 Å². The van der Waals surface area contributed by atoms with Crippen LogP contribution in [0.5, 0.6) is 0 Å². The summed E-state index contributed by atoms with van der Waals surface area (Å²) in [5, 5.41) is 17.5. The molecule has 0 aromatic carbocycles. The van der Waals surface area contributed by atoms with Crippen LogP contribution in [0.2, 0.25) is 0 Å². The average Bonchev–Trinajstić information content (AvgIpc) is 1.64. The fourth-order valence-electron chi connectivity index (χ4n) is 0.112. The first-order valence-electron chi connectivity index (χ1n) is 2.86. The zero-order valence-corrected chi connectivity index (χ0v) is 6.30. The minimum atomic E-state index is -1.03. The Balaban J connectivity index is 0. The van der Waals surface area contributed by atoms with E-state index in [1.165, 1.54) is 0 Å². The Bertz CT molecular complexity index is 95.7. The first kappa shape index (κ1) is 12.6. The molecule has 62 valence electrons. The fraction of sp³-hybridized carbons (Fsp3) is 1.00. The van der Waals surface area contributed by atoms with Crippen molar-refractivity contribution < 1.29 is 15.3 Å². The maximum atomic E-state index is 9.26. The Hall–Kier alpha value is -0.0551. The van der Waals surface area contributed by atoms with Crippen LogP contribution in [0.3, 0.4) is 0 Å². The van der Waals surface area contributed by atoms with Gasteiger partial charge in [-0.1, -0.05) is 0 Å². The first-order chi connectivity index (χ1) is 3.81. The van der Waals surface area contributed by atoms with Crippen LogP contribution < -0.4 is 0 Å². The quantitative estimate of drug-likeness (QED) is 0.325. The predicted octanol–water partition coefficient (Wildman–Crippen LogP) is -0.158. The minimum Gasteiger partial charge on any atom is -0.387 e. The SMILES string of the molecule is B.CC(C)(O)C(C)(C)OO. The van der Waals surface area contributed by atoms with Crippen LogP contribution in [0.25, 0.3) is 0 Å². The highest BCUT2D eigenvalue weighted by Crippen LogP contribution is 2.23. The summed E-state index contributed by atoms with van der Waals surface area (Å²) in [7, 11) is 0. The molecule has 0 heterocycles. The molecule has 0 bridgehead atoms. The van der Waals surface area contributed by atoms with Gasteiger partial charge >= 0.3 is 0 Å². The van der Waals surface area contributed by atoms with Crippen molar-refractivity contribution in [2.45, 2.75) is 38.9 Å². The third kappa shape index (κ3) is 2.69. The van der Waals surface area contributed by atoms with Gasteiger partial charge in [-0.3, -0.25) is 5.26 Å². The molecule has 0 amide bonds. The van der Waals surface area contributed by atoms with Crippen LogP contribution in [0.4, 0.5) is 0 Å². The molecule has 0 aliphatic heterocycles. The third-order valence-electron chi connectivity index (χ3n) is 1.70. The van der Waals surface area contributed by atoms with E-state index in [1.807, 2.05) is 0 Å². The van der Waals surface area contributed by atoms with Gasteiger partial charge in [0.05, 0.1) is 14.0 Å². The standard InChI is InChI=1S/C6H14O3.BH3/c1-5(2,7)6(3,4)9-8;/h7-8H,1-4H3;1H3. The molecule has 4 heteroatoms. The number of hydrogen-bond donors (Lipinski definition) is 2. The van der Waals surface area contributed by atoms with E-state index < -0.39 is 11.2 Å². The van der Waals surface area contributed by atoms with Gasteiger partial charge in [0.15, 0.2) is 0 Å². The molecule has 2 N–H and O–H groups in total. The second-order valence-electron chi connectivity index (χ2n) is 3.16. The Kier molecular flexibility index (Phi) is 4.25. The van der Waals surface area contributed by atoms with E-state index in [0.29, 0.717) is 0 Å². The summed E-state index contributed by atoms with van der Waals surface area (Å²) < 4.78 is 0. The van der Waals surface area contributed by atoms with Crippen molar-refractivity contribution in [1.29, 1.82) is 0 Å². The Labute approximate surface area is 63.5 Å². The van der Waals surface area contributed by atoms with E-state index in [2.05, 4.69) is 4.89 Å². The van der Waals surface area contributed by atoms with Crippen molar-refractivity contribution in [3.8, 4) is 0 Å². The molecule has 0 atom stereocenters. The molecule has 0 fully saturated rings. The van der Waals surface area contributed by atoms with Crippen molar-refractivity contribution in [2.24, 2.45) is 0 Å². The third-order valence-corrected chi connectivity index (χ3v) is 1.70. The van der Waals surface area contributed by atoms with Crippen LogP contribution in [0.15, 0.2) is 0 Å². The van der Waals surface area contributed by atoms with Gasteiger partial charge in [-0.15, -0.1) is 0 Å². The summed E-state index contributed by atoms with van der Waals surface area (Å²) in [6, 6.07) is 0. The highest BCUT2D eigenvalue weighted by molar-refractivity contribution is 5.75. The molecular formula is C6H17BO3. The lowest BCUT2D eigenvalue weighted by Gasteiger charge is -2.33. The maximum Gasteiger partial charge on any atom is 0.126 e. The Morgan fingerprint density at radius 2 is 1.40 bits per heavy atom. The fourth-order valence-corrected chi connectivity index (χ4v) is 0.112.